The molecule has 8 nitrogen and oxygen atoms in total. The number of esters is 1. The molecule has 0 bridgehead atoms. The molecule has 6 N–H and O–H groups in total. The lowest BCUT2D eigenvalue weighted by atomic mass is 10.0. The van der Waals surface area contributed by atoms with Crippen molar-refractivity contribution in [3.05, 3.63) is 29.8 Å². The minimum Gasteiger partial charge on any atom is -0.507 e. The first-order chi connectivity index (χ1) is 9.88. The SMILES string of the molecule is O=C(OC[C@H](O)[C@H](O)[C@H](O)[C@@H](O)CO)c1ccccc1O. The van der Waals surface area contributed by atoms with Gasteiger partial charge in [0.25, 0.3) is 0 Å². The summed E-state index contributed by atoms with van der Waals surface area (Å²) in [5.74, 6) is -1.22. The summed E-state index contributed by atoms with van der Waals surface area (Å²) in [7, 11) is 0. The van der Waals surface area contributed by atoms with Crippen molar-refractivity contribution < 1.29 is 40.2 Å². The molecular weight excluding hydrogens is 284 g/mol. The first-order valence-electron chi connectivity index (χ1n) is 6.16. The summed E-state index contributed by atoms with van der Waals surface area (Å²) in [4.78, 5) is 11.6. The van der Waals surface area contributed by atoms with Crippen molar-refractivity contribution in [2.75, 3.05) is 13.2 Å². The maximum absolute atomic E-state index is 11.6. The third-order valence-electron chi connectivity index (χ3n) is 2.83. The zero-order valence-corrected chi connectivity index (χ0v) is 11.0. The second-order valence-corrected chi connectivity index (χ2v) is 4.41. The Morgan fingerprint density at radius 2 is 1.62 bits per heavy atom. The van der Waals surface area contributed by atoms with Gasteiger partial charge in [-0.1, -0.05) is 12.1 Å². The molecule has 0 saturated carbocycles. The van der Waals surface area contributed by atoms with Gasteiger partial charge in [-0.3, -0.25) is 0 Å². The highest BCUT2D eigenvalue weighted by atomic mass is 16.5. The summed E-state index contributed by atoms with van der Waals surface area (Å²) in [5, 5.41) is 55.6. The third-order valence-corrected chi connectivity index (χ3v) is 2.83. The molecule has 0 aromatic heterocycles. The number of hydrogen-bond donors (Lipinski definition) is 6. The number of hydrogen-bond acceptors (Lipinski definition) is 8. The smallest absolute Gasteiger partial charge is 0.342 e. The number of benzene rings is 1. The van der Waals surface area contributed by atoms with Gasteiger partial charge in [0.2, 0.25) is 0 Å². The second kappa shape index (κ2) is 7.91. The molecule has 1 rings (SSSR count). The van der Waals surface area contributed by atoms with Crippen LogP contribution in [0.15, 0.2) is 24.3 Å². The number of aliphatic hydroxyl groups is 5. The van der Waals surface area contributed by atoms with E-state index in [0.717, 1.165) is 0 Å². The average Bonchev–Trinajstić information content (AvgIpc) is 2.50. The van der Waals surface area contributed by atoms with E-state index in [-0.39, 0.29) is 11.3 Å². The molecule has 0 radical (unpaired) electrons. The zero-order chi connectivity index (χ0) is 16.0. The second-order valence-electron chi connectivity index (χ2n) is 4.41. The highest BCUT2D eigenvalue weighted by molar-refractivity contribution is 5.92. The molecule has 0 unspecified atom stereocenters. The molecule has 0 fully saturated rings. The molecule has 8 heteroatoms. The predicted octanol–water partition coefficient (Wildman–Crippen LogP) is -2.02. The summed E-state index contributed by atoms with van der Waals surface area (Å²) < 4.78 is 4.69. The zero-order valence-electron chi connectivity index (χ0n) is 11.0. The summed E-state index contributed by atoms with van der Waals surface area (Å²) in [6.07, 6.45) is -6.92. The highest BCUT2D eigenvalue weighted by Crippen LogP contribution is 2.17. The van der Waals surface area contributed by atoms with E-state index in [1.807, 2.05) is 0 Å². The molecule has 0 amide bonds. The fourth-order valence-corrected chi connectivity index (χ4v) is 1.55. The molecule has 0 spiro atoms. The predicted molar refractivity (Wildman–Crippen MR) is 69.5 cm³/mol. The van der Waals surface area contributed by atoms with Crippen LogP contribution in [-0.4, -0.2) is 74.2 Å². The van der Waals surface area contributed by atoms with Crippen molar-refractivity contribution in [2.24, 2.45) is 0 Å². The number of carbonyl (C=O) groups excluding carboxylic acids is 1. The van der Waals surface area contributed by atoms with E-state index in [1.54, 1.807) is 0 Å². The normalized spacial score (nSPS) is 16.8. The van der Waals surface area contributed by atoms with Crippen LogP contribution < -0.4 is 0 Å². The summed E-state index contributed by atoms with van der Waals surface area (Å²) in [5.41, 5.74) is -0.116. The summed E-state index contributed by atoms with van der Waals surface area (Å²) in [6, 6.07) is 5.61. The highest BCUT2D eigenvalue weighted by Gasteiger charge is 2.30. The number of aromatic hydroxyl groups is 1. The molecular formula is C13H18O8. The van der Waals surface area contributed by atoms with E-state index in [2.05, 4.69) is 0 Å². The molecule has 0 aliphatic heterocycles. The number of phenolic OH excluding ortho intramolecular Hbond substituents is 1. The molecule has 0 heterocycles. The number of para-hydroxylation sites is 1. The molecule has 0 aliphatic carbocycles. The molecule has 1 aromatic rings. The lowest BCUT2D eigenvalue weighted by Gasteiger charge is -2.25. The molecule has 0 saturated heterocycles. The molecule has 0 aliphatic rings. The first kappa shape index (κ1) is 17.3. The van der Waals surface area contributed by atoms with Crippen molar-refractivity contribution in [1.29, 1.82) is 0 Å². The van der Waals surface area contributed by atoms with Gasteiger partial charge in [-0.2, -0.15) is 0 Å². The first-order valence-corrected chi connectivity index (χ1v) is 6.16. The standard InChI is InChI=1S/C13H18O8/c14-5-9(16)11(18)12(19)10(17)6-21-13(20)7-3-1-2-4-8(7)15/h1-4,9-12,14-19H,5-6H2/t9-,10-,11+,12-/m0/s1. The van der Waals surface area contributed by atoms with Crippen LogP contribution in [0.3, 0.4) is 0 Å². The maximum atomic E-state index is 11.6. The number of phenols is 1. The summed E-state index contributed by atoms with van der Waals surface area (Å²) in [6.45, 7) is -1.47. The topological polar surface area (TPSA) is 148 Å². The number of carbonyl (C=O) groups is 1. The molecule has 118 valence electrons. The Hall–Kier alpha value is -1.71. The van der Waals surface area contributed by atoms with Gasteiger partial charge < -0.3 is 35.4 Å². The van der Waals surface area contributed by atoms with Gasteiger partial charge in [0.05, 0.1) is 6.61 Å². The molecule has 1 aromatic carbocycles. The summed E-state index contributed by atoms with van der Waals surface area (Å²) >= 11 is 0. The van der Waals surface area contributed by atoms with E-state index >= 15 is 0 Å². The van der Waals surface area contributed by atoms with Gasteiger partial charge >= 0.3 is 5.97 Å². The Morgan fingerprint density at radius 3 is 2.19 bits per heavy atom. The molecule has 4 atom stereocenters. The number of rotatable bonds is 7. The van der Waals surface area contributed by atoms with Crippen LogP contribution in [0.4, 0.5) is 0 Å². The van der Waals surface area contributed by atoms with Crippen LogP contribution in [0, 0.1) is 0 Å². The van der Waals surface area contributed by atoms with Gasteiger partial charge in [0, 0.05) is 0 Å². The van der Waals surface area contributed by atoms with Crippen molar-refractivity contribution in [2.45, 2.75) is 24.4 Å². The van der Waals surface area contributed by atoms with Crippen LogP contribution in [0.2, 0.25) is 0 Å². The number of aliphatic hydroxyl groups excluding tert-OH is 5. The van der Waals surface area contributed by atoms with E-state index < -0.39 is 43.6 Å². The monoisotopic (exact) mass is 302 g/mol. The third kappa shape index (κ3) is 4.66. The Kier molecular flexibility index (Phi) is 6.53. The van der Waals surface area contributed by atoms with E-state index in [9.17, 15) is 25.2 Å². The van der Waals surface area contributed by atoms with Gasteiger partial charge in [-0.15, -0.1) is 0 Å². The molecule has 21 heavy (non-hydrogen) atoms. The van der Waals surface area contributed by atoms with Crippen LogP contribution >= 0.6 is 0 Å². The van der Waals surface area contributed by atoms with Gasteiger partial charge in [0.1, 0.15) is 42.3 Å². The quantitative estimate of drug-likeness (QED) is 0.316. The van der Waals surface area contributed by atoms with Crippen molar-refractivity contribution in [3.8, 4) is 5.75 Å². The van der Waals surface area contributed by atoms with Crippen LogP contribution in [0.25, 0.3) is 0 Å². The fraction of sp³-hybridized carbons (Fsp3) is 0.462. The minimum absolute atomic E-state index is 0.116. The Morgan fingerprint density at radius 1 is 1.05 bits per heavy atom. The Bertz CT molecular complexity index is 463. The Labute approximate surface area is 120 Å². The van der Waals surface area contributed by atoms with Gasteiger partial charge in [-0.25, -0.2) is 4.79 Å². The minimum atomic E-state index is -1.82. The van der Waals surface area contributed by atoms with Gasteiger partial charge in [0.15, 0.2) is 0 Å². The van der Waals surface area contributed by atoms with Crippen LogP contribution in [-0.2, 0) is 4.74 Å². The van der Waals surface area contributed by atoms with Crippen molar-refractivity contribution in [3.63, 3.8) is 0 Å². The lowest BCUT2D eigenvalue weighted by molar-refractivity contribution is -0.124. The average molecular weight is 302 g/mol. The van der Waals surface area contributed by atoms with E-state index in [4.69, 9.17) is 14.9 Å². The van der Waals surface area contributed by atoms with E-state index in [1.165, 1.54) is 24.3 Å². The van der Waals surface area contributed by atoms with Crippen LogP contribution in [0.1, 0.15) is 10.4 Å². The van der Waals surface area contributed by atoms with Crippen molar-refractivity contribution in [1.82, 2.24) is 0 Å². The number of ether oxygens (including phenoxy) is 1. The maximum Gasteiger partial charge on any atom is 0.342 e. The Balaban J connectivity index is 2.55. The van der Waals surface area contributed by atoms with Crippen molar-refractivity contribution >= 4 is 5.97 Å². The fourth-order valence-electron chi connectivity index (χ4n) is 1.55. The largest absolute Gasteiger partial charge is 0.507 e. The lowest BCUT2D eigenvalue weighted by Crippen LogP contribution is -2.47. The van der Waals surface area contributed by atoms with E-state index in [0.29, 0.717) is 0 Å². The van der Waals surface area contributed by atoms with Gasteiger partial charge in [-0.05, 0) is 12.1 Å². The van der Waals surface area contributed by atoms with Crippen LogP contribution in [0.5, 0.6) is 5.75 Å².